The van der Waals surface area contributed by atoms with Crippen molar-refractivity contribution in [3.8, 4) is 22.5 Å². The molecule has 0 aromatic heterocycles. The van der Waals surface area contributed by atoms with Crippen LogP contribution in [-0.2, 0) is 4.74 Å². The molecule has 0 fully saturated rings. The standard InChI is InChI=1S/C22H14N4O6/c1-31-22(29)17-8-11(21(28)24-26-23)2-5-14(17)20-15-6-3-12(25-30)9-18(15)32-19-10-13(27)4-7-16(19)20/h2-10H,1H3,(H2,23,24,28). The molecular weight excluding hydrogens is 416 g/mol. The average molecular weight is 430 g/mol. The van der Waals surface area contributed by atoms with Gasteiger partial charge in [0, 0.05) is 34.2 Å². The number of ether oxygens (including phenoxy) is 1. The molecule has 2 aromatic rings. The summed E-state index contributed by atoms with van der Waals surface area (Å²) in [4.78, 5) is 47.7. The lowest BCUT2D eigenvalue weighted by Crippen LogP contribution is -2.17. The summed E-state index contributed by atoms with van der Waals surface area (Å²) in [5, 5.41) is 6.31. The number of rotatable bonds is 5. The Morgan fingerprint density at radius 1 is 1.03 bits per heavy atom. The van der Waals surface area contributed by atoms with Crippen molar-refractivity contribution < 1.29 is 18.7 Å². The molecule has 0 saturated carbocycles. The van der Waals surface area contributed by atoms with Crippen molar-refractivity contribution in [1.82, 2.24) is 5.43 Å². The van der Waals surface area contributed by atoms with E-state index >= 15 is 0 Å². The second-order valence-electron chi connectivity index (χ2n) is 6.71. The molecule has 1 amide bonds. The highest BCUT2D eigenvalue weighted by molar-refractivity contribution is 6.09. The number of fused-ring (bicyclic) bond motifs is 2. The maximum Gasteiger partial charge on any atom is 0.338 e. The number of hydrogen-bond acceptors (Lipinski definition) is 9. The van der Waals surface area contributed by atoms with Gasteiger partial charge in [0.2, 0.25) is 0 Å². The number of nitroso groups, excluding NO2 is 1. The number of carbonyl (C=O) groups is 2. The van der Waals surface area contributed by atoms with Crippen molar-refractivity contribution in [1.29, 1.82) is 5.53 Å². The van der Waals surface area contributed by atoms with E-state index in [1.807, 2.05) is 5.43 Å². The van der Waals surface area contributed by atoms with Gasteiger partial charge in [0.05, 0.1) is 12.7 Å². The van der Waals surface area contributed by atoms with Gasteiger partial charge < -0.3 is 9.15 Å². The van der Waals surface area contributed by atoms with Gasteiger partial charge in [0.1, 0.15) is 17.0 Å². The topological polar surface area (TPSA) is 151 Å². The van der Waals surface area contributed by atoms with Crippen LogP contribution in [0.1, 0.15) is 20.7 Å². The van der Waals surface area contributed by atoms with E-state index in [-0.39, 0.29) is 33.6 Å². The lowest BCUT2D eigenvalue weighted by atomic mass is 9.89. The zero-order chi connectivity index (χ0) is 22.8. The lowest BCUT2D eigenvalue weighted by molar-refractivity contribution is 0.0601. The van der Waals surface area contributed by atoms with Crippen molar-refractivity contribution >= 4 is 28.5 Å². The van der Waals surface area contributed by atoms with Gasteiger partial charge in [-0.15, -0.1) is 4.91 Å². The second-order valence-corrected chi connectivity index (χ2v) is 6.71. The highest BCUT2D eigenvalue weighted by Crippen LogP contribution is 2.42. The molecule has 2 aliphatic rings. The predicted molar refractivity (Wildman–Crippen MR) is 114 cm³/mol. The number of nitrogens with one attached hydrogen (secondary N) is 2. The van der Waals surface area contributed by atoms with Gasteiger partial charge in [0.25, 0.3) is 5.91 Å². The van der Waals surface area contributed by atoms with Crippen LogP contribution in [0.3, 0.4) is 0 Å². The minimum atomic E-state index is -0.703. The first-order valence-electron chi connectivity index (χ1n) is 9.20. The Labute approximate surface area is 179 Å². The number of hydrogen-bond donors (Lipinski definition) is 2. The van der Waals surface area contributed by atoms with Crippen LogP contribution in [0.2, 0.25) is 0 Å². The van der Waals surface area contributed by atoms with Crippen LogP contribution in [0.5, 0.6) is 0 Å². The van der Waals surface area contributed by atoms with Gasteiger partial charge in [0.15, 0.2) is 5.43 Å². The highest BCUT2D eigenvalue weighted by atomic mass is 16.5. The smallest absolute Gasteiger partial charge is 0.338 e. The van der Waals surface area contributed by atoms with Gasteiger partial charge >= 0.3 is 5.97 Å². The van der Waals surface area contributed by atoms with Crippen LogP contribution in [0.4, 0.5) is 5.69 Å². The van der Waals surface area contributed by atoms with Crippen molar-refractivity contribution in [2.45, 2.75) is 0 Å². The van der Waals surface area contributed by atoms with Crippen LogP contribution in [0.25, 0.3) is 33.4 Å². The molecule has 1 aliphatic heterocycles. The predicted octanol–water partition coefficient (Wildman–Crippen LogP) is 4.43. The molecule has 0 saturated heterocycles. The Balaban J connectivity index is 2.10. The number of methoxy groups -OCH3 is 1. The molecule has 0 atom stereocenters. The molecule has 0 spiro atoms. The Morgan fingerprint density at radius 2 is 1.81 bits per heavy atom. The monoisotopic (exact) mass is 430 g/mol. The number of carbonyl (C=O) groups excluding carboxylic acids is 2. The van der Waals surface area contributed by atoms with Crippen molar-refractivity contribution in [3.05, 3.63) is 80.9 Å². The normalized spacial score (nSPS) is 10.7. The van der Waals surface area contributed by atoms with E-state index in [9.17, 15) is 19.3 Å². The summed E-state index contributed by atoms with van der Waals surface area (Å²) in [7, 11) is 1.21. The molecule has 0 radical (unpaired) electrons. The highest BCUT2D eigenvalue weighted by Gasteiger charge is 2.23. The second kappa shape index (κ2) is 8.19. The van der Waals surface area contributed by atoms with Crippen LogP contribution >= 0.6 is 0 Å². The number of amides is 1. The summed E-state index contributed by atoms with van der Waals surface area (Å²) in [6.45, 7) is 0. The molecule has 158 valence electrons. The third-order valence-corrected chi connectivity index (χ3v) is 4.90. The average Bonchev–Trinajstić information content (AvgIpc) is 2.81. The van der Waals surface area contributed by atoms with E-state index in [1.165, 1.54) is 43.5 Å². The van der Waals surface area contributed by atoms with Crippen molar-refractivity contribution in [3.63, 3.8) is 0 Å². The lowest BCUT2D eigenvalue weighted by Gasteiger charge is -2.17. The zero-order valence-electron chi connectivity index (χ0n) is 16.5. The number of nitrogens with zero attached hydrogens (tertiary/aromatic N) is 2. The largest absolute Gasteiger partial charge is 0.465 e. The van der Waals surface area contributed by atoms with Crippen LogP contribution in [0, 0.1) is 10.4 Å². The van der Waals surface area contributed by atoms with E-state index in [4.69, 9.17) is 14.7 Å². The van der Waals surface area contributed by atoms with Crippen LogP contribution in [0.15, 0.2) is 74.2 Å². The molecule has 10 nitrogen and oxygen atoms in total. The van der Waals surface area contributed by atoms with Gasteiger partial charge in [-0.3, -0.25) is 9.59 Å². The first-order valence-corrected chi connectivity index (χ1v) is 9.20. The third kappa shape index (κ3) is 3.49. The fraction of sp³-hybridized carbons (Fsp3) is 0.0455. The molecule has 1 aliphatic carbocycles. The maximum atomic E-state index is 12.6. The first kappa shape index (κ1) is 20.5. The first-order chi connectivity index (χ1) is 15.5. The molecule has 4 rings (SSSR count). The third-order valence-electron chi connectivity index (χ3n) is 4.90. The molecule has 10 heteroatoms. The van der Waals surface area contributed by atoms with E-state index < -0.39 is 11.9 Å². The van der Waals surface area contributed by atoms with Gasteiger partial charge in [-0.1, -0.05) is 11.3 Å². The zero-order valence-corrected chi connectivity index (χ0v) is 16.5. The number of benzene rings is 3. The fourth-order valence-corrected chi connectivity index (χ4v) is 3.50. The summed E-state index contributed by atoms with van der Waals surface area (Å²) in [6.07, 6.45) is 0. The Morgan fingerprint density at radius 3 is 2.53 bits per heavy atom. The minimum Gasteiger partial charge on any atom is -0.465 e. The van der Waals surface area contributed by atoms with Crippen molar-refractivity contribution in [2.75, 3.05) is 7.11 Å². The quantitative estimate of drug-likeness (QED) is 0.157. The fourth-order valence-electron chi connectivity index (χ4n) is 3.50. The molecule has 1 heterocycles. The molecular formula is C22H14N4O6. The summed E-state index contributed by atoms with van der Waals surface area (Å²) >= 11 is 0. The van der Waals surface area contributed by atoms with Crippen molar-refractivity contribution in [2.24, 2.45) is 10.4 Å². The Hall–Kier alpha value is -4.73. The summed E-state index contributed by atoms with van der Waals surface area (Å²) in [5.41, 5.74) is 10.6. The molecule has 2 N–H and O–H groups in total. The Bertz CT molecular complexity index is 1440. The SMILES string of the molecule is COC(=O)c1cc(C(=O)NN=N)ccc1-c1c2ccc(=O)cc-2oc2cc(N=O)ccc12. The summed E-state index contributed by atoms with van der Waals surface area (Å²) < 4.78 is 10.8. The van der Waals surface area contributed by atoms with Gasteiger partial charge in [-0.2, -0.15) is 5.53 Å². The summed E-state index contributed by atoms with van der Waals surface area (Å²) in [6, 6.07) is 13.1. The Kier molecular flexibility index (Phi) is 5.25. The van der Waals surface area contributed by atoms with E-state index in [0.29, 0.717) is 22.1 Å². The van der Waals surface area contributed by atoms with Gasteiger partial charge in [-0.05, 0) is 47.1 Å². The van der Waals surface area contributed by atoms with Crippen LogP contribution < -0.4 is 10.9 Å². The van der Waals surface area contributed by atoms with Gasteiger partial charge in [-0.25, -0.2) is 10.2 Å². The molecule has 2 aromatic carbocycles. The van der Waals surface area contributed by atoms with E-state index in [1.54, 1.807) is 18.2 Å². The minimum absolute atomic E-state index is 0.0720. The molecule has 0 unspecified atom stereocenters. The number of esters is 1. The van der Waals surface area contributed by atoms with E-state index in [2.05, 4.69) is 10.4 Å². The van der Waals surface area contributed by atoms with E-state index in [0.717, 1.165) is 0 Å². The molecule has 32 heavy (non-hydrogen) atoms. The van der Waals surface area contributed by atoms with Crippen LogP contribution in [-0.4, -0.2) is 19.0 Å². The molecule has 0 bridgehead atoms. The maximum absolute atomic E-state index is 12.6. The summed E-state index contributed by atoms with van der Waals surface area (Å²) in [5.74, 6) is -1.13.